The monoisotopic (exact) mass is 477 g/mol. The van der Waals surface area contributed by atoms with E-state index < -0.39 is 17.7 Å². The van der Waals surface area contributed by atoms with Gasteiger partial charge in [0.2, 0.25) is 0 Å². The van der Waals surface area contributed by atoms with Crippen molar-refractivity contribution in [1.82, 2.24) is 0 Å². The van der Waals surface area contributed by atoms with Gasteiger partial charge in [0.1, 0.15) is 17.3 Å². The topological polar surface area (TPSA) is 76.1 Å². The first-order valence-electron chi connectivity index (χ1n) is 10.8. The number of anilines is 1. The summed E-state index contributed by atoms with van der Waals surface area (Å²) in [6, 6.07) is 18.3. The van der Waals surface area contributed by atoms with Crippen molar-refractivity contribution in [2.45, 2.75) is 19.9 Å². The number of benzene rings is 3. The highest BCUT2D eigenvalue weighted by molar-refractivity contribution is 6.51. The molecule has 3 aromatic rings. The first kappa shape index (κ1) is 23.4. The maximum Gasteiger partial charge on any atom is 0.300 e. The molecule has 7 heteroatoms. The van der Waals surface area contributed by atoms with Gasteiger partial charge < -0.3 is 14.6 Å². The molecule has 6 nitrogen and oxygen atoms in total. The van der Waals surface area contributed by atoms with Gasteiger partial charge in [-0.1, -0.05) is 35.9 Å². The Morgan fingerprint density at radius 1 is 1.06 bits per heavy atom. The number of ketones is 1. The van der Waals surface area contributed by atoms with Crippen LogP contribution in [-0.2, 0) is 9.59 Å². The van der Waals surface area contributed by atoms with Crippen LogP contribution in [0.3, 0.4) is 0 Å². The number of rotatable bonds is 6. The lowest BCUT2D eigenvalue weighted by Crippen LogP contribution is -2.29. The number of hydrogen-bond donors (Lipinski definition) is 1. The fourth-order valence-corrected chi connectivity index (χ4v) is 4.26. The normalized spacial score (nSPS) is 17.2. The van der Waals surface area contributed by atoms with Gasteiger partial charge >= 0.3 is 0 Å². The average molecular weight is 478 g/mol. The van der Waals surface area contributed by atoms with Gasteiger partial charge in [-0.25, -0.2) is 0 Å². The van der Waals surface area contributed by atoms with E-state index in [0.717, 1.165) is 5.56 Å². The minimum atomic E-state index is -0.834. The van der Waals surface area contributed by atoms with Crippen LogP contribution < -0.4 is 14.4 Å². The molecule has 174 valence electrons. The molecule has 0 aromatic heterocycles. The van der Waals surface area contributed by atoms with Crippen LogP contribution in [0.5, 0.6) is 11.5 Å². The van der Waals surface area contributed by atoms with Crippen molar-refractivity contribution in [3.63, 3.8) is 0 Å². The van der Waals surface area contributed by atoms with E-state index in [-0.39, 0.29) is 11.3 Å². The number of aryl methyl sites for hydroxylation is 1. The van der Waals surface area contributed by atoms with Crippen LogP contribution in [0.2, 0.25) is 5.02 Å². The third kappa shape index (κ3) is 4.24. The average Bonchev–Trinajstić information content (AvgIpc) is 3.10. The standard InChI is InChI=1S/C27H24ClNO5/c1-4-34-20-11-8-17(9-12-20)24-23(25(30)18-10-13-21(28)22(15-18)33-3)26(31)27(32)29(24)19-7-5-6-16(2)14-19/h5-15,24,30H,4H2,1-3H3/b25-23-. The Labute approximate surface area is 203 Å². The Bertz CT molecular complexity index is 1280. The van der Waals surface area contributed by atoms with Crippen LogP contribution in [-0.4, -0.2) is 30.5 Å². The van der Waals surface area contributed by atoms with E-state index >= 15 is 0 Å². The van der Waals surface area contributed by atoms with Crippen LogP contribution in [0.15, 0.2) is 72.3 Å². The SMILES string of the molecule is CCOc1ccc(C2/C(=C(/O)c3ccc(Cl)c(OC)c3)C(=O)C(=O)N2c2cccc(C)c2)cc1. The van der Waals surface area contributed by atoms with Crippen LogP contribution in [0, 0.1) is 6.92 Å². The van der Waals surface area contributed by atoms with Crippen molar-refractivity contribution in [3.05, 3.63) is 94.0 Å². The zero-order valence-corrected chi connectivity index (χ0v) is 19.8. The molecule has 1 aliphatic heterocycles. The zero-order chi connectivity index (χ0) is 24.4. The smallest absolute Gasteiger partial charge is 0.300 e. The molecule has 1 amide bonds. The predicted molar refractivity (Wildman–Crippen MR) is 132 cm³/mol. The Kier molecular flexibility index (Phi) is 6.61. The van der Waals surface area contributed by atoms with Crippen molar-refractivity contribution in [2.24, 2.45) is 0 Å². The van der Waals surface area contributed by atoms with Gasteiger partial charge in [-0.05, 0) is 67.4 Å². The summed E-state index contributed by atoms with van der Waals surface area (Å²) in [7, 11) is 1.46. The number of hydrogen-bond acceptors (Lipinski definition) is 5. The predicted octanol–water partition coefficient (Wildman–Crippen LogP) is 5.68. The Balaban J connectivity index is 1.92. The summed E-state index contributed by atoms with van der Waals surface area (Å²) < 4.78 is 10.8. The lowest BCUT2D eigenvalue weighted by molar-refractivity contribution is -0.132. The number of carbonyl (C=O) groups excluding carboxylic acids is 2. The first-order valence-corrected chi connectivity index (χ1v) is 11.2. The number of nitrogens with zero attached hydrogens (tertiary/aromatic N) is 1. The minimum Gasteiger partial charge on any atom is -0.507 e. The Morgan fingerprint density at radius 3 is 2.44 bits per heavy atom. The minimum absolute atomic E-state index is 0.0139. The lowest BCUT2D eigenvalue weighted by atomic mass is 9.95. The van der Waals surface area contributed by atoms with Gasteiger partial charge in [-0.2, -0.15) is 0 Å². The molecule has 3 aromatic carbocycles. The van der Waals surface area contributed by atoms with Crippen LogP contribution in [0.4, 0.5) is 5.69 Å². The molecular weight excluding hydrogens is 454 g/mol. The fraction of sp³-hybridized carbons (Fsp3) is 0.185. The summed E-state index contributed by atoms with van der Waals surface area (Å²) in [5.74, 6) is -0.779. The van der Waals surface area contributed by atoms with Crippen molar-refractivity contribution in [3.8, 4) is 11.5 Å². The maximum atomic E-state index is 13.3. The molecule has 0 saturated carbocycles. The molecule has 0 spiro atoms. The van der Waals surface area contributed by atoms with Gasteiger partial charge in [-0.15, -0.1) is 0 Å². The molecule has 1 atom stereocenters. The Hall–Kier alpha value is -3.77. The second-order valence-electron chi connectivity index (χ2n) is 7.86. The number of Topliss-reactive ketones (excluding diaryl/α,β-unsaturated/α-hetero) is 1. The van der Waals surface area contributed by atoms with Crippen molar-refractivity contribution >= 4 is 34.7 Å². The molecule has 0 radical (unpaired) electrons. The fourth-order valence-electron chi connectivity index (χ4n) is 4.07. The van der Waals surface area contributed by atoms with Crippen LogP contribution >= 0.6 is 11.6 Å². The summed E-state index contributed by atoms with van der Waals surface area (Å²) in [4.78, 5) is 27.9. The lowest BCUT2D eigenvalue weighted by Gasteiger charge is -2.26. The molecule has 1 N–H and O–H groups in total. The quantitative estimate of drug-likeness (QED) is 0.281. The Morgan fingerprint density at radius 2 is 1.79 bits per heavy atom. The van der Waals surface area contributed by atoms with Crippen LogP contribution in [0.25, 0.3) is 5.76 Å². The largest absolute Gasteiger partial charge is 0.507 e. The highest BCUT2D eigenvalue weighted by Crippen LogP contribution is 2.43. The number of aliphatic hydroxyl groups excluding tert-OH is 1. The maximum absolute atomic E-state index is 13.3. The van der Waals surface area contributed by atoms with Gasteiger partial charge in [0.05, 0.1) is 30.4 Å². The van der Waals surface area contributed by atoms with Gasteiger partial charge in [0, 0.05) is 11.3 Å². The van der Waals surface area contributed by atoms with Gasteiger partial charge in [-0.3, -0.25) is 14.5 Å². The van der Waals surface area contributed by atoms with Crippen molar-refractivity contribution in [2.75, 3.05) is 18.6 Å². The molecule has 1 aliphatic rings. The zero-order valence-electron chi connectivity index (χ0n) is 19.0. The summed E-state index contributed by atoms with van der Waals surface area (Å²) in [6.07, 6.45) is 0. The number of aliphatic hydroxyl groups is 1. The third-order valence-electron chi connectivity index (χ3n) is 5.66. The van der Waals surface area contributed by atoms with Crippen molar-refractivity contribution < 1.29 is 24.2 Å². The highest BCUT2D eigenvalue weighted by Gasteiger charge is 2.47. The number of methoxy groups -OCH3 is 1. The first-order chi connectivity index (χ1) is 16.3. The number of halogens is 1. The van der Waals surface area contributed by atoms with E-state index in [2.05, 4.69) is 0 Å². The number of ether oxygens (including phenoxy) is 2. The molecule has 1 fully saturated rings. The van der Waals surface area contributed by atoms with E-state index in [0.29, 0.717) is 39.9 Å². The number of amides is 1. The van der Waals surface area contributed by atoms with Crippen molar-refractivity contribution in [1.29, 1.82) is 0 Å². The summed E-state index contributed by atoms with van der Waals surface area (Å²) in [5.41, 5.74) is 2.46. The molecule has 4 rings (SSSR count). The van der Waals surface area contributed by atoms with E-state index in [1.807, 2.05) is 32.0 Å². The van der Waals surface area contributed by atoms with E-state index in [1.165, 1.54) is 18.1 Å². The molecule has 1 heterocycles. The molecule has 1 saturated heterocycles. The van der Waals surface area contributed by atoms with E-state index in [4.69, 9.17) is 21.1 Å². The van der Waals surface area contributed by atoms with Gasteiger partial charge in [0.15, 0.2) is 0 Å². The van der Waals surface area contributed by atoms with Gasteiger partial charge in [0.25, 0.3) is 11.7 Å². The molecule has 0 bridgehead atoms. The van der Waals surface area contributed by atoms with Crippen LogP contribution in [0.1, 0.15) is 29.7 Å². The van der Waals surface area contributed by atoms with E-state index in [9.17, 15) is 14.7 Å². The second kappa shape index (κ2) is 9.61. The molecule has 0 aliphatic carbocycles. The molecular formula is C27H24ClNO5. The second-order valence-corrected chi connectivity index (χ2v) is 8.27. The number of carbonyl (C=O) groups is 2. The van der Waals surface area contributed by atoms with E-state index in [1.54, 1.807) is 42.5 Å². The molecule has 34 heavy (non-hydrogen) atoms. The summed E-state index contributed by atoms with van der Waals surface area (Å²) in [5, 5.41) is 11.6. The summed E-state index contributed by atoms with van der Waals surface area (Å²) >= 11 is 6.13. The molecule has 1 unspecified atom stereocenters. The highest BCUT2D eigenvalue weighted by atomic mass is 35.5. The summed E-state index contributed by atoms with van der Waals surface area (Å²) in [6.45, 7) is 4.31. The third-order valence-corrected chi connectivity index (χ3v) is 5.97.